The molecule has 0 radical (unpaired) electrons. The summed E-state index contributed by atoms with van der Waals surface area (Å²) in [4.78, 5) is 33.9. The Labute approximate surface area is 177 Å². The predicted octanol–water partition coefficient (Wildman–Crippen LogP) is 5.28. The number of phenolic OH excluding ortho intramolecular Hbond substituents is 2. The molecule has 0 aliphatic rings. The summed E-state index contributed by atoms with van der Waals surface area (Å²) < 4.78 is 0. The Morgan fingerprint density at radius 2 is 1.10 bits per heavy atom. The fourth-order valence-electron chi connectivity index (χ4n) is 3.38. The van der Waals surface area contributed by atoms with Crippen molar-refractivity contribution < 1.29 is 19.8 Å². The molecule has 2 N–H and O–H groups in total. The van der Waals surface area contributed by atoms with Crippen LogP contribution in [0.25, 0.3) is 42.9 Å². The van der Waals surface area contributed by atoms with Crippen molar-refractivity contribution in [2.75, 3.05) is 0 Å². The number of aldehydes is 2. The van der Waals surface area contributed by atoms with E-state index >= 15 is 0 Å². The monoisotopic (exact) mass is 432 g/mol. The Hall–Kier alpha value is -3.62. The fraction of sp³-hybridized carbons (Fsp3) is 0. The second-order valence-corrected chi connectivity index (χ2v) is 8.73. The lowest BCUT2D eigenvalue weighted by atomic mass is 10.0. The van der Waals surface area contributed by atoms with Crippen LogP contribution in [0, 0.1) is 0 Å². The average Bonchev–Trinajstić information content (AvgIpc) is 3.43. The molecule has 0 bridgehead atoms. The van der Waals surface area contributed by atoms with Crippen molar-refractivity contribution >= 4 is 57.3 Å². The number of benzene rings is 2. The van der Waals surface area contributed by atoms with E-state index in [4.69, 9.17) is 9.97 Å². The molecule has 0 aliphatic heterocycles. The molecule has 5 rings (SSSR count). The summed E-state index contributed by atoms with van der Waals surface area (Å²) in [6, 6.07) is 14.0. The van der Waals surface area contributed by atoms with Gasteiger partial charge in [-0.2, -0.15) is 0 Å². The molecule has 0 spiro atoms. The second kappa shape index (κ2) is 7.01. The molecule has 0 aliphatic carbocycles. The van der Waals surface area contributed by atoms with Crippen LogP contribution in [0.2, 0.25) is 0 Å². The van der Waals surface area contributed by atoms with Crippen LogP contribution in [0.3, 0.4) is 0 Å². The van der Waals surface area contributed by atoms with Gasteiger partial charge in [0.25, 0.3) is 0 Å². The van der Waals surface area contributed by atoms with E-state index in [9.17, 15) is 19.8 Å². The highest BCUT2D eigenvalue weighted by Crippen LogP contribution is 2.51. The zero-order valence-electron chi connectivity index (χ0n) is 15.2. The predicted molar refractivity (Wildman–Crippen MR) is 118 cm³/mol. The minimum absolute atomic E-state index is 0.315. The van der Waals surface area contributed by atoms with Gasteiger partial charge in [0, 0.05) is 9.75 Å². The number of nitrogens with zero attached hydrogens (tertiary/aromatic N) is 2. The van der Waals surface area contributed by atoms with Crippen LogP contribution in [0.4, 0.5) is 0 Å². The molecular weight excluding hydrogens is 420 g/mol. The van der Waals surface area contributed by atoms with E-state index in [0.29, 0.717) is 52.7 Å². The first-order chi connectivity index (χ1) is 14.6. The van der Waals surface area contributed by atoms with Crippen molar-refractivity contribution in [1.29, 1.82) is 0 Å². The highest BCUT2D eigenvalue weighted by atomic mass is 32.1. The van der Waals surface area contributed by atoms with Crippen LogP contribution < -0.4 is 0 Å². The van der Waals surface area contributed by atoms with Gasteiger partial charge in [0.05, 0.1) is 31.9 Å². The first-order valence-corrected chi connectivity index (χ1v) is 10.5. The third kappa shape index (κ3) is 2.77. The smallest absolute Gasteiger partial charge is 0.169 e. The number of carbonyl (C=O) groups is 2. The van der Waals surface area contributed by atoms with Crippen LogP contribution >= 0.6 is 22.7 Å². The van der Waals surface area contributed by atoms with Crippen molar-refractivity contribution in [1.82, 2.24) is 9.97 Å². The molecule has 30 heavy (non-hydrogen) atoms. The molecule has 6 nitrogen and oxygen atoms in total. The van der Waals surface area contributed by atoms with Crippen LogP contribution in [0.5, 0.6) is 11.5 Å². The molecule has 146 valence electrons. The zero-order chi connectivity index (χ0) is 20.8. The molecule has 0 amide bonds. The fourth-order valence-corrected chi connectivity index (χ4v) is 5.12. The lowest BCUT2D eigenvalue weighted by Gasteiger charge is -2.14. The number of hydrogen-bond acceptors (Lipinski definition) is 8. The Bertz CT molecular complexity index is 1360. The number of rotatable bonds is 4. The Morgan fingerprint density at radius 1 is 0.667 bits per heavy atom. The van der Waals surface area contributed by atoms with Crippen LogP contribution in [-0.4, -0.2) is 32.8 Å². The van der Waals surface area contributed by atoms with E-state index in [2.05, 4.69) is 0 Å². The maximum Gasteiger partial charge on any atom is 0.169 e. The van der Waals surface area contributed by atoms with Gasteiger partial charge in [-0.3, -0.25) is 9.59 Å². The van der Waals surface area contributed by atoms with Crippen molar-refractivity contribution in [3.63, 3.8) is 0 Å². The van der Waals surface area contributed by atoms with Crippen molar-refractivity contribution in [3.8, 4) is 32.4 Å². The van der Waals surface area contributed by atoms with Crippen molar-refractivity contribution in [3.05, 3.63) is 58.3 Å². The largest absolute Gasteiger partial charge is 0.504 e. The lowest BCUT2D eigenvalue weighted by molar-refractivity contribution is 0.111. The number of fused-ring (bicyclic) bond motifs is 2. The van der Waals surface area contributed by atoms with E-state index in [0.717, 1.165) is 12.6 Å². The normalized spacial score (nSPS) is 11.2. The first-order valence-electron chi connectivity index (χ1n) is 8.86. The van der Waals surface area contributed by atoms with Crippen LogP contribution in [0.1, 0.15) is 19.3 Å². The first kappa shape index (κ1) is 18.4. The molecule has 0 fully saturated rings. The van der Waals surface area contributed by atoms with Crippen LogP contribution in [-0.2, 0) is 0 Å². The SMILES string of the molecule is O=Cc1ccc(-c2c(O)c(O)c(-c3ccc(C=O)s3)c3nc4ccccc4nc23)s1. The molecule has 8 heteroatoms. The van der Waals surface area contributed by atoms with Gasteiger partial charge in [-0.05, 0) is 36.4 Å². The minimum atomic E-state index is -0.345. The minimum Gasteiger partial charge on any atom is -0.504 e. The lowest BCUT2D eigenvalue weighted by Crippen LogP contribution is -1.94. The van der Waals surface area contributed by atoms with E-state index in [-0.39, 0.29) is 11.5 Å². The summed E-state index contributed by atoms with van der Waals surface area (Å²) in [7, 11) is 0. The van der Waals surface area contributed by atoms with Crippen molar-refractivity contribution in [2.45, 2.75) is 0 Å². The van der Waals surface area contributed by atoms with Gasteiger partial charge >= 0.3 is 0 Å². The summed E-state index contributed by atoms with van der Waals surface area (Å²) in [5.41, 5.74) is 2.70. The zero-order valence-corrected chi connectivity index (χ0v) is 16.8. The topological polar surface area (TPSA) is 100 Å². The van der Waals surface area contributed by atoms with E-state index in [1.807, 2.05) is 24.3 Å². The standard InChI is InChI=1S/C22H12N2O4S2/c25-9-11-5-7-15(29-11)17-19-20(24-14-4-2-1-3-13(14)23-19)18(22(28)21(17)27)16-8-6-12(10-26)30-16/h1-10,27-28H. The summed E-state index contributed by atoms with van der Waals surface area (Å²) in [6.07, 6.45) is 1.46. The Morgan fingerprint density at radius 3 is 1.47 bits per heavy atom. The summed E-state index contributed by atoms with van der Waals surface area (Å²) in [5, 5.41) is 21.9. The van der Waals surface area contributed by atoms with Crippen LogP contribution in [0.15, 0.2) is 48.5 Å². The molecule has 3 aromatic heterocycles. The van der Waals surface area contributed by atoms with Gasteiger partial charge in [-0.15, -0.1) is 22.7 Å². The van der Waals surface area contributed by atoms with Gasteiger partial charge < -0.3 is 10.2 Å². The second-order valence-electron chi connectivity index (χ2n) is 6.50. The number of thiophene rings is 2. The Balaban J connectivity index is 1.94. The highest BCUT2D eigenvalue weighted by Gasteiger charge is 2.25. The number of aromatic hydroxyl groups is 2. The van der Waals surface area contributed by atoms with Crippen molar-refractivity contribution in [2.24, 2.45) is 0 Å². The summed E-state index contributed by atoms with van der Waals surface area (Å²) in [6.45, 7) is 0. The number of para-hydroxylation sites is 2. The van der Waals surface area contributed by atoms with E-state index < -0.39 is 0 Å². The quantitative estimate of drug-likeness (QED) is 0.228. The summed E-state index contributed by atoms with van der Waals surface area (Å²) in [5.74, 6) is -0.690. The molecule has 0 unspecified atom stereocenters. The van der Waals surface area contributed by atoms with E-state index in [1.54, 1.807) is 24.3 Å². The molecule has 5 aromatic rings. The average molecular weight is 432 g/mol. The van der Waals surface area contributed by atoms with Gasteiger partial charge in [0.15, 0.2) is 24.1 Å². The third-order valence-corrected chi connectivity index (χ3v) is 6.78. The molecule has 0 saturated heterocycles. The number of hydrogen-bond donors (Lipinski definition) is 2. The molecule has 2 aromatic carbocycles. The third-order valence-electron chi connectivity index (χ3n) is 4.72. The molecule has 3 heterocycles. The number of aromatic nitrogens is 2. The Kier molecular flexibility index (Phi) is 4.30. The highest BCUT2D eigenvalue weighted by molar-refractivity contribution is 7.17. The van der Waals surface area contributed by atoms with Gasteiger partial charge in [-0.25, -0.2) is 9.97 Å². The molecular formula is C22H12N2O4S2. The number of carbonyl (C=O) groups excluding carboxylic acids is 2. The molecule has 0 saturated carbocycles. The van der Waals surface area contributed by atoms with Gasteiger partial charge in [-0.1, -0.05) is 12.1 Å². The molecule has 0 atom stereocenters. The van der Waals surface area contributed by atoms with E-state index in [1.165, 1.54) is 22.7 Å². The summed E-state index contributed by atoms with van der Waals surface area (Å²) >= 11 is 2.38. The number of phenols is 2. The maximum absolute atomic E-state index is 11.2. The maximum atomic E-state index is 11.2. The van der Waals surface area contributed by atoms with Gasteiger partial charge in [0.1, 0.15) is 11.0 Å². The van der Waals surface area contributed by atoms with Gasteiger partial charge in [0.2, 0.25) is 0 Å².